The van der Waals surface area contributed by atoms with E-state index in [0.29, 0.717) is 12.4 Å². The van der Waals surface area contributed by atoms with E-state index in [0.717, 1.165) is 57.9 Å². The lowest BCUT2D eigenvalue weighted by atomic mass is 10.2. The molecule has 2 saturated heterocycles. The van der Waals surface area contributed by atoms with Crippen LogP contribution in [-0.4, -0.2) is 70.0 Å². The number of amides is 1. The number of piperazine rings is 1. The van der Waals surface area contributed by atoms with Crippen LogP contribution in [0, 0.1) is 0 Å². The Hall–Kier alpha value is -1.77. The smallest absolute Gasteiger partial charge is 0.236 e. The molecular formula is C20H29N5O2S. The summed E-state index contributed by atoms with van der Waals surface area (Å²) in [6, 6.07) is 2.28. The van der Waals surface area contributed by atoms with Gasteiger partial charge in [0.15, 0.2) is 5.82 Å². The minimum absolute atomic E-state index is 0.0973. The maximum absolute atomic E-state index is 12.9. The molecule has 0 radical (unpaired) electrons. The Morgan fingerprint density at radius 2 is 2.11 bits per heavy atom. The summed E-state index contributed by atoms with van der Waals surface area (Å²) in [5, 5.41) is 8.50. The van der Waals surface area contributed by atoms with Crippen LogP contribution in [0.5, 0.6) is 0 Å². The topological polar surface area (TPSA) is 65.7 Å². The zero-order valence-corrected chi connectivity index (χ0v) is 17.5. The van der Waals surface area contributed by atoms with Crippen molar-refractivity contribution in [2.75, 3.05) is 39.3 Å². The van der Waals surface area contributed by atoms with Crippen molar-refractivity contribution in [3.8, 4) is 0 Å². The van der Waals surface area contributed by atoms with Gasteiger partial charge in [-0.3, -0.25) is 14.6 Å². The first kappa shape index (κ1) is 19.5. The number of aromatic nitrogens is 2. The fourth-order valence-corrected chi connectivity index (χ4v) is 4.65. The van der Waals surface area contributed by atoms with Gasteiger partial charge in [-0.2, -0.15) is 16.3 Å². The van der Waals surface area contributed by atoms with Gasteiger partial charge in [-0.15, -0.1) is 0 Å². The van der Waals surface area contributed by atoms with Gasteiger partial charge >= 0.3 is 0 Å². The molecule has 0 aromatic carbocycles. The van der Waals surface area contributed by atoms with Gasteiger partial charge in [-0.25, -0.2) is 0 Å². The summed E-state index contributed by atoms with van der Waals surface area (Å²) in [6.45, 7) is 9.93. The van der Waals surface area contributed by atoms with Gasteiger partial charge in [0.25, 0.3) is 0 Å². The van der Waals surface area contributed by atoms with Crippen LogP contribution in [0.3, 0.4) is 0 Å². The molecule has 7 nitrogen and oxygen atoms in total. The summed E-state index contributed by atoms with van der Waals surface area (Å²) < 4.78 is 5.37. The minimum atomic E-state index is 0.0973. The molecule has 1 amide bonds. The SMILES string of the molecule is CC(C)c1nc(C2CCCN2CC(=O)N2CCN(Cc3ccsc3)CC2)no1. The second kappa shape index (κ2) is 8.71. The Labute approximate surface area is 170 Å². The Kier molecular flexibility index (Phi) is 6.08. The normalized spacial score (nSPS) is 21.7. The van der Waals surface area contributed by atoms with Crippen molar-refractivity contribution in [3.05, 3.63) is 34.1 Å². The van der Waals surface area contributed by atoms with Crippen molar-refractivity contribution < 1.29 is 9.32 Å². The van der Waals surface area contributed by atoms with Gasteiger partial charge in [0, 0.05) is 38.6 Å². The first-order valence-electron chi connectivity index (χ1n) is 10.2. The van der Waals surface area contributed by atoms with Crippen LogP contribution in [-0.2, 0) is 11.3 Å². The number of thiophene rings is 1. The molecule has 2 aliphatic rings. The van der Waals surface area contributed by atoms with Gasteiger partial charge in [-0.1, -0.05) is 19.0 Å². The first-order chi connectivity index (χ1) is 13.6. The molecule has 0 aliphatic carbocycles. The highest BCUT2D eigenvalue weighted by atomic mass is 32.1. The molecule has 28 heavy (non-hydrogen) atoms. The minimum Gasteiger partial charge on any atom is -0.339 e. The van der Waals surface area contributed by atoms with Gasteiger partial charge in [0.2, 0.25) is 11.8 Å². The van der Waals surface area contributed by atoms with E-state index in [1.807, 2.05) is 18.7 Å². The van der Waals surface area contributed by atoms with Gasteiger partial charge in [-0.05, 0) is 41.8 Å². The molecular weight excluding hydrogens is 374 g/mol. The van der Waals surface area contributed by atoms with E-state index in [9.17, 15) is 4.79 Å². The van der Waals surface area contributed by atoms with Crippen LogP contribution in [0.15, 0.2) is 21.3 Å². The average Bonchev–Trinajstić information content (AvgIpc) is 3.43. The molecule has 0 N–H and O–H groups in total. The van der Waals surface area contributed by atoms with Crippen molar-refractivity contribution in [2.45, 2.75) is 45.2 Å². The van der Waals surface area contributed by atoms with E-state index >= 15 is 0 Å². The number of hydrogen-bond donors (Lipinski definition) is 0. The second-order valence-corrected chi connectivity index (χ2v) is 8.84. The van der Waals surface area contributed by atoms with Crippen molar-refractivity contribution >= 4 is 17.2 Å². The summed E-state index contributed by atoms with van der Waals surface area (Å²) in [5.41, 5.74) is 1.37. The van der Waals surface area contributed by atoms with Crippen LogP contribution in [0.2, 0.25) is 0 Å². The fourth-order valence-electron chi connectivity index (χ4n) is 3.99. The number of carbonyl (C=O) groups excluding carboxylic acids is 1. The van der Waals surface area contributed by atoms with Crippen LogP contribution in [0.4, 0.5) is 0 Å². The molecule has 2 aliphatic heterocycles. The summed E-state index contributed by atoms with van der Waals surface area (Å²) in [5.74, 6) is 1.85. The average molecular weight is 404 g/mol. The number of nitrogens with zero attached hydrogens (tertiary/aromatic N) is 5. The zero-order chi connectivity index (χ0) is 19.5. The predicted molar refractivity (Wildman–Crippen MR) is 108 cm³/mol. The third-order valence-electron chi connectivity index (χ3n) is 5.66. The number of hydrogen-bond acceptors (Lipinski definition) is 7. The van der Waals surface area contributed by atoms with Crippen LogP contribution < -0.4 is 0 Å². The molecule has 2 aromatic heterocycles. The Bertz CT molecular complexity index is 767. The van der Waals surface area contributed by atoms with Gasteiger partial charge < -0.3 is 9.42 Å². The van der Waals surface area contributed by atoms with Crippen molar-refractivity contribution in [1.82, 2.24) is 24.8 Å². The van der Waals surface area contributed by atoms with E-state index in [4.69, 9.17) is 4.52 Å². The lowest BCUT2D eigenvalue weighted by Crippen LogP contribution is -2.50. The third kappa shape index (κ3) is 4.45. The van der Waals surface area contributed by atoms with E-state index in [2.05, 4.69) is 36.8 Å². The maximum Gasteiger partial charge on any atom is 0.236 e. The fraction of sp³-hybridized carbons (Fsp3) is 0.650. The molecule has 4 heterocycles. The molecule has 4 rings (SSSR count). The standard InChI is InChI=1S/C20H29N5O2S/c1-15(2)20-21-19(22-27-20)17-4-3-6-25(17)13-18(26)24-9-7-23(8-10-24)12-16-5-11-28-14-16/h5,11,14-15,17H,3-4,6-10,12-13H2,1-2H3. The molecule has 2 fully saturated rings. The van der Waals surface area contributed by atoms with Crippen molar-refractivity contribution in [3.63, 3.8) is 0 Å². The number of rotatable bonds is 6. The predicted octanol–water partition coefficient (Wildman–Crippen LogP) is 2.74. The Morgan fingerprint density at radius 3 is 2.79 bits per heavy atom. The third-order valence-corrected chi connectivity index (χ3v) is 6.39. The van der Waals surface area contributed by atoms with Gasteiger partial charge in [0.05, 0.1) is 12.6 Å². The summed E-state index contributed by atoms with van der Waals surface area (Å²) in [7, 11) is 0. The highest BCUT2D eigenvalue weighted by Gasteiger charge is 2.33. The Balaban J connectivity index is 1.29. The van der Waals surface area contributed by atoms with E-state index in [1.54, 1.807) is 11.3 Å². The maximum atomic E-state index is 12.9. The lowest BCUT2D eigenvalue weighted by Gasteiger charge is -2.35. The number of likely N-dealkylation sites (tertiary alicyclic amines) is 1. The molecule has 2 aromatic rings. The van der Waals surface area contributed by atoms with Crippen LogP contribution in [0.25, 0.3) is 0 Å². The largest absolute Gasteiger partial charge is 0.339 e. The van der Waals surface area contributed by atoms with Crippen LogP contribution >= 0.6 is 11.3 Å². The van der Waals surface area contributed by atoms with Crippen molar-refractivity contribution in [2.24, 2.45) is 0 Å². The molecule has 1 unspecified atom stereocenters. The molecule has 0 bridgehead atoms. The highest BCUT2D eigenvalue weighted by Crippen LogP contribution is 2.30. The summed E-state index contributed by atoms with van der Waals surface area (Å²) >= 11 is 1.74. The summed E-state index contributed by atoms with van der Waals surface area (Å²) in [4.78, 5) is 24.1. The summed E-state index contributed by atoms with van der Waals surface area (Å²) in [6.07, 6.45) is 2.05. The molecule has 1 atom stereocenters. The van der Waals surface area contributed by atoms with Crippen LogP contribution in [0.1, 0.15) is 55.9 Å². The molecule has 8 heteroatoms. The second-order valence-electron chi connectivity index (χ2n) is 8.06. The van der Waals surface area contributed by atoms with Crippen molar-refractivity contribution in [1.29, 1.82) is 0 Å². The quantitative estimate of drug-likeness (QED) is 0.739. The van der Waals surface area contributed by atoms with Gasteiger partial charge in [0.1, 0.15) is 0 Å². The van der Waals surface area contributed by atoms with E-state index in [-0.39, 0.29) is 17.9 Å². The first-order valence-corrected chi connectivity index (χ1v) is 11.1. The molecule has 0 saturated carbocycles. The lowest BCUT2D eigenvalue weighted by molar-refractivity contribution is -0.134. The number of carbonyl (C=O) groups is 1. The molecule has 152 valence electrons. The monoisotopic (exact) mass is 403 g/mol. The van der Waals surface area contributed by atoms with E-state index < -0.39 is 0 Å². The molecule has 0 spiro atoms. The zero-order valence-electron chi connectivity index (χ0n) is 16.7. The highest BCUT2D eigenvalue weighted by molar-refractivity contribution is 7.07. The van der Waals surface area contributed by atoms with E-state index in [1.165, 1.54) is 5.56 Å². The Morgan fingerprint density at radius 1 is 1.29 bits per heavy atom.